The highest BCUT2D eigenvalue weighted by Crippen LogP contribution is 2.13. The quantitative estimate of drug-likeness (QED) is 0.725. The molecule has 4 heteroatoms. The second-order valence-electron chi connectivity index (χ2n) is 3.89. The summed E-state index contributed by atoms with van der Waals surface area (Å²) in [4.78, 5) is 4.53. The van der Waals surface area contributed by atoms with E-state index in [9.17, 15) is 0 Å². The largest absolute Gasteiger partial charge is 0.313 e. The van der Waals surface area contributed by atoms with E-state index in [0.717, 1.165) is 13.0 Å². The molecule has 16 heavy (non-hydrogen) atoms. The molecule has 0 fully saturated rings. The van der Waals surface area contributed by atoms with Gasteiger partial charge in [-0.05, 0) is 25.6 Å². The van der Waals surface area contributed by atoms with E-state index < -0.39 is 0 Å². The summed E-state index contributed by atoms with van der Waals surface area (Å²) >= 11 is 3.79. The molecule has 0 radical (unpaired) electrons. The summed E-state index contributed by atoms with van der Waals surface area (Å²) in [5.41, 5.74) is 1.24. The minimum absolute atomic E-state index is 0.572. The Morgan fingerprint density at radius 1 is 1.50 bits per heavy atom. The van der Waals surface area contributed by atoms with E-state index in [4.69, 9.17) is 0 Å². The Labute approximate surface area is 107 Å². The number of thioether (sulfide) groups is 1. The van der Waals surface area contributed by atoms with Crippen LogP contribution in [0.2, 0.25) is 0 Å². The monoisotopic (exact) mass is 258 g/mol. The van der Waals surface area contributed by atoms with E-state index >= 15 is 0 Å². The number of aryl methyl sites for hydroxylation is 1. The van der Waals surface area contributed by atoms with Crippen LogP contribution in [0, 0.1) is 6.92 Å². The Balaban J connectivity index is 2.37. The van der Waals surface area contributed by atoms with Crippen molar-refractivity contribution in [2.75, 3.05) is 18.1 Å². The lowest BCUT2D eigenvalue weighted by Gasteiger charge is -2.16. The summed E-state index contributed by atoms with van der Waals surface area (Å²) in [7, 11) is 0. The molecule has 0 saturated heterocycles. The van der Waals surface area contributed by atoms with Crippen molar-refractivity contribution in [2.24, 2.45) is 0 Å². The van der Waals surface area contributed by atoms with Gasteiger partial charge in [-0.3, -0.25) is 0 Å². The third kappa shape index (κ3) is 5.32. The molecule has 0 aliphatic carbocycles. The van der Waals surface area contributed by atoms with Gasteiger partial charge in [0.2, 0.25) is 0 Å². The number of rotatable bonds is 8. The predicted molar refractivity (Wildman–Crippen MR) is 75.6 cm³/mol. The second-order valence-corrected chi connectivity index (χ2v) is 6.10. The molecule has 0 aliphatic rings. The fraction of sp³-hybridized carbons (Fsp3) is 0.750. The molecule has 1 aromatic heterocycles. The molecular weight excluding hydrogens is 236 g/mol. The lowest BCUT2D eigenvalue weighted by atomic mass is 10.2. The van der Waals surface area contributed by atoms with Gasteiger partial charge in [0.05, 0.1) is 10.7 Å². The van der Waals surface area contributed by atoms with Crippen molar-refractivity contribution in [1.82, 2.24) is 10.3 Å². The molecule has 1 aromatic rings. The molecule has 0 spiro atoms. The third-order valence-corrected chi connectivity index (χ3v) is 4.44. The number of nitrogens with one attached hydrogen (secondary N) is 1. The van der Waals surface area contributed by atoms with Crippen molar-refractivity contribution in [3.05, 3.63) is 16.1 Å². The van der Waals surface area contributed by atoms with Crippen molar-refractivity contribution >= 4 is 23.1 Å². The molecule has 0 amide bonds. The van der Waals surface area contributed by atoms with Crippen LogP contribution in [0.25, 0.3) is 0 Å². The van der Waals surface area contributed by atoms with E-state index in [1.165, 1.54) is 28.6 Å². The fourth-order valence-electron chi connectivity index (χ4n) is 1.60. The predicted octanol–water partition coefficient (Wildman–Crippen LogP) is 3.12. The summed E-state index contributed by atoms with van der Waals surface area (Å²) < 4.78 is 0. The molecule has 2 nitrogen and oxygen atoms in total. The maximum atomic E-state index is 4.53. The first-order valence-corrected chi connectivity index (χ1v) is 8.01. The zero-order valence-corrected chi connectivity index (χ0v) is 12.1. The van der Waals surface area contributed by atoms with Gasteiger partial charge in [-0.25, -0.2) is 4.98 Å². The van der Waals surface area contributed by atoms with Crippen LogP contribution in [0.5, 0.6) is 0 Å². The van der Waals surface area contributed by atoms with Crippen molar-refractivity contribution in [2.45, 2.75) is 39.7 Å². The zero-order valence-electron chi connectivity index (χ0n) is 10.5. The van der Waals surface area contributed by atoms with Crippen LogP contribution in [0.3, 0.4) is 0 Å². The summed E-state index contributed by atoms with van der Waals surface area (Å²) in [5, 5.41) is 6.90. The first-order chi connectivity index (χ1) is 7.76. The molecule has 0 aliphatic heterocycles. The van der Waals surface area contributed by atoms with Gasteiger partial charge in [0.25, 0.3) is 0 Å². The Bertz CT molecular complexity index is 286. The lowest BCUT2D eigenvalue weighted by Crippen LogP contribution is -2.33. The van der Waals surface area contributed by atoms with E-state index in [0.29, 0.717) is 6.04 Å². The first-order valence-electron chi connectivity index (χ1n) is 5.98. The van der Waals surface area contributed by atoms with Crippen molar-refractivity contribution in [1.29, 1.82) is 0 Å². The Morgan fingerprint density at radius 2 is 2.31 bits per heavy atom. The van der Waals surface area contributed by atoms with Gasteiger partial charge >= 0.3 is 0 Å². The minimum Gasteiger partial charge on any atom is -0.313 e. The molecule has 1 heterocycles. The average molecular weight is 258 g/mol. The number of thiazole rings is 1. The highest BCUT2D eigenvalue weighted by molar-refractivity contribution is 7.99. The SMILES string of the molecule is CCCSCC(Cc1csc(C)n1)NCC. The number of hydrogen-bond acceptors (Lipinski definition) is 4. The number of nitrogens with zero attached hydrogens (tertiary/aromatic N) is 1. The van der Waals surface area contributed by atoms with Crippen LogP contribution < -0.4 is 5.32 Å². The van der Waals surface area contributed by atoms with E-state index in [1.807, 2.05) is 11.8 Å². The summed E-state index contributed by atoms with van der Waals surface area (Å²) in [6.07, 6.45) is 2.33. The van der Waals surface area contributed by atoms with E-state index in [-0.39, 0.29) is 0 Å². The standard InChI is InChI=1S/C12H22N2S2/c1-4-6-15-8-11(13-5-2)7-12-9-16-10(3)14-12/h9,11,13H,4-8H2,1-3H3. The van der Waals surface area contributed by atoms with Crippen LogP contribution in [-0.4, -0.2) is 29.1 Å². The molecule has 0 aromatic carbocycles. The van der Waals surface area contributed by atoms with Crippen molar-refractivity contribution < 1.29 is 0 Å². The zero-order chi connectivity index (χ0) is 11.8. The fourth-order valence-corrected chi connectivity index (χ4v) is 3.20. The van der Waals surface area contributed by atoms with Gasteiger partial charge in [0.15, 0.2) is 0 Å². The maximum absolute atomic E-state index is 4.53. The molecule has 1 unspecified atom stereocenters. The third-order valence-electron chi connectivity index (χ3n) is 2.28. The van der Waals surface area contributed by atoms with Crippen LogP contribution >= 0.6 is 23.1 Å². The van der Waals surface area contributed by atoms with Crippen LogP contribution in [-0.2, 0) is 6.42 Å². The smallest absolute Gasteiger partial charge is 0.0897 e. The highest BCUT2D eigenvalue weighted by Gasteiger charge is 2.10. The normalized spacial score (nSPS) is 12.9. The Kier molecular flexibility index (Phi) is 7.08. The number of likely N-dealkylation sites (N-methyl/N-ethyl adjacent to an activating group) is 1. The van der Waals surface area contributed by atoms with Gasteiger partial charge in [-0.2, -0.15) is 11.8 Å². The van der Waals surface area contributed by atoms with Crippen LogP contribution in [0.1, 0.15) is 31.0 Å². The van der Waals surface area contributed by atoms with Crippen LogP contribution in [0.15, 0.2) is 5.38 Å². The topological polar surface area (TPSA) is 24.9 Å². The number of hydrogen-bond donors (Lipinski definition) is 1. The molecule has 1 atom stereocenters. The maximum Gasteiger partial charge on any atom is 0.0897 e. The molecule has 92 valence electrons. The second kappa shape index (κ2) is 8.09. The number of aromatic nitrogens is 1. The van der Waals surface area contributed by atoms with Gasteiger partial charge in [-0.15, -0.1) is 11.3 Å². The Hall–Kier alpha value is -0.0600. The lowest BCUT2D eigenvalue weighted by molar-refractivity contribution is 0.567. The van der Waals surface area contributed by atoms with Gasteiger partial charge < -0.3 is 5.32 Å². The average Bonchev–Trinajstić information content (AvgIpc) is 2.65. The summed E-state index contributed by atoms with van der Waals surface area (Å²) in [5.74, 6) is 2.45. The summed E-state index contributed by atoms with van der Waals surface area (Å²) in [6.45, 7) is 7.52. The first kappa shape index (κ1) is 14.0. The van der Waals surface area contributed by atoms with Gasteiger partial charge in [0, 0.05) is 23.6 Å². The van der Waals surface area contributed by atoms with Gasteiger partial charge in [0.1, 0.15) is 0 Å². The van der Waals surface area contributed by atoms with Crippen molar-refractivity contribution in [3.8, 4) is 0 Å². The molecule has 0 saturated carbocycles. The molecular formula is C12H22N2S2. The van der Waals surface area contributed by atoms with Gasteiger partial charge in [-0.1, -0.05) is 13.8 Å². The summed E-state index contributed by atoms with van der Waals surface area (Å²) in [6, 6.07) is 0.572. The van der Waals surface area contributed by atoms with E-state index in [1.54, 1.807) is 11.3 Å². The minimum atomic E-state index is 0.572. The van der Waals surface area contributed by atoms with E-state index in [2.05, 4.69) is 36.5 Å². The Morgan fingerprint density at radius 3 is 2.88 bits per heavy atom. The van der Waals surface area contributed by atoms with Crippen LogP contribution in [0.4, 0.5) is 0 Å². The van der Waals surface area contributed by atoms with Crippen molar-refractivity contribution in [3.63, 3.8) is 0 Å². The highest BCUT2D eigenvalue weighted by atomic mass is 32.2. The molecule has 1 rings (SSSR count). The molecule has 0 bridgehead atoms. The molecule has 1 N–H and O–H groups in total.